The van der Waals surface area contributed by atoms with Crippen molar-refractivity contribution in [2.75, 3.05) is 0 Å². The van der Waals surface area contributed by atoms with Crippen molar-refractivity contribution in [3.63, 3.8) is 0 Å². The minimum Gasteiger partial charge on any atom is -0.390 e. The van der Waals surface area contributed by atoms with Crippen molar-refractivity contribution in [2.45, 2.75) is 53.1 Å². The van der Waals surface area contributed by atoms with Gasteiger partial charge in [-0.05, 0) is 46.5 Å². The van der Waals surface area contributed by atoms with Crippen molar-refractivity contribution in [3.05, 3.63) is 11.6 Å². The molecule has 0 saturated carbocycles. The lowest BCUT2D eigenvalue weighted by Crippen LogP contribution is -2.28. The van der Waals surface area contributed by atoms with Gasteiger partial charge in [-0.2, -0.15) is 0 Å². The lowest BCUT2D eigenvalue weighted by molar-refractivity contribution is 0.0218. The van der Waals surface area contributed by atoms with Gasteiger partial charge in [-0.25, -0.2) is 0 Å². The fourth-order valence-corrected chi connectivity index (χ4v) is 0.975. The molecule has 0 radical (unpaired) electrons. The van der Waals surface area contributed by atoms with Crippen LogP contribution in [0.4, 0.5) is 0 Å². The van der Waals surface area contributed by atoms with Gasteiger partial charge in [-0.15, -0.1) is 0 Å². The first-order chi connectivity index (χ1) is 5.34. The summed E-state index contributed by atoms with van der Waals surface area (Å²) in [5.74, 6) is 0.369. The highest BCUT2D eigenvalue weighted by Gasteiger charge is 2.20. The number of allylic oxidation sites excluding steroid dienone is 2. The summed E-state index contributed by atoms with van der Waals surface area (Å²) in [6.07, 6.45) is 4.37. The van der Waals surface area contributed by atoms with E-state index in [1.165, 1.54) is 5.57 Å². The summed E-state index contributed by atoms with van der Waals surface area (Å²) < 4.78 is 0. The quantitative estimate of drug-likeness (QED) is 0.643. The van der Waals surface area contributed by atoms with Gasteiger partial charge in [-0.3, -0.25) is 0 Å². The van der Waals surface area contributed by atoms with Gasteiger partial charge in [0.1, 0.15) is 0 Å². The Labute approximate surface area is 76.5 Å². The maximum absolute atomic E-state index is 9.63. The first-order valence-electron chi connectivity index (χ1n) is 4.69. The highest BCUT2D eigenvalue weighted by Crippen LogP contribution is 2.20. The minimum atomic E-state index is -0.532. The Morgan fingerprint density at radius 2 is 1.92 bits per heavy atom. The van der Waals surface area contributed by atoms with E-state index >= 15 is 0 Å². The molecular formula is C11H22O. The number of hydrogen-bond acceptors (Lipinski definition) is 1. The van der Waals surface area contributed by atoms with Crippen LogP contribution in [0.1, 0.15) is 47.5 Å². The molecule has 0 rings (SSSR count). The molecule has 1 unspecified atom stereocenters. The Kier molecular flexibility index (Phi) is 4.54. The van der Waals surface area contributed by atoms with E-state index in [0.29, 0.717) is 5.92 Å². The van der Waals surface area contributed by atoms with Crippen LogP contribution in [0.5, 0.6) is 0 Å². The standard InChI is InChI=1S/C11H22O/c1-9(2)7-6-8-10(3)11(4,5)12/h7,10,12H,6,8H2,1-5H3. The molecule has 1 atom stereocenters. The van der Waals surface area contributed by atoms with Crippen LogP contribution in [0.2, 0.25) is 0 Å². The van der Waals surface area contributed by atoms with Crippen LogP contribution in [0, 0.1) is 5.92 Å². The zero-order valence-corrected chi connectivity index (χ0v) is 9.02. The van der Waals surface area contributed by atoms with E-state index in [1.54, 1.807) is 0 Å². The third-order valence-electron chi connectivity index (χ3n) is 2.36. The average molecular weight is 170 g/mol. The molecule has 0 aliphatic heterocycles. The number of aliphatic hydroxyl groups is 1. The molecule has 1 N–H and O–H groups in total. The van der Waals surface area contributed by atoms with Crippen molar-refractivity contribution in [1.29, 1.82) is 0 Å². The van der Waals surface area contributed by atoms with Gasteiger partial charge in [0.25, 0.3) is 0 Å². The Hall–Kier alpha value is -0.300. The van der Waals surface area contributed by atoms with Gasteiger partial charge < -0.3 is 5.11 Å². The summed E-state index contributed by atoms with van der Waals surface area (Å²) in [5.41, 5.74) is 0.827. The number of rotatable bonds is 4. The monoisotopic (exact) mass is 170 g/mol. The lowest BCUT2D eigenvalue weighted by Gasteiger charge is -2.25. The molecule has 0 aliphatic carbocycles. The molecule has 0 bridgehead atoms. The predicted molar refractivity (Wildman–Crippen MR) is 54.1 cm³/mol. The van der Waals surface area contributed by atoms with Gasteiger partial charge in [0.2, 0.25) is 0 Å². The zero-order valence-electron chi connectivity index (χ0n) is 9.02. The van der Waals surface area contributed by atoms with Crippen molar-refractivity contribution < 1.29 is 5.11 Å². The van der Waals surface area contributed by atoms with Crippen LogP contribution < -0.4 is 0 Å². The highest BCUT2D eigenvalue weighted by molar-refractivity contribution is 4.93. The van der Waals surface area contributed by atoms with Gasteiger partial charge >= 0.3 is 0 Å². The summed E-state index contributed by atoms with van der Waals surface area (Å²) in [5, 5.41) is 9.63. The van der Waals surface area contributed by atoms with Gasteiger partial charge in [0.15, 0.2) is 0 Å². The van der Waals surface area contributed by atoms with Crippen LogP contribution in [-0.2, 0) is 0 Å². The second kappa shape index (κ2) is 4.66. The second-order valence-corrected chi connectivity index (χ2v) is 4.41. The molecule has 0 saturated heterocycles. The van der Waals surface area contributed by atoms with Gasteiger partial charge in [0, 0.05) is 0 Å². The van der Waals surface area contributed by atoms with E-state index in [9.17, 15) is 5.11 Å². The first-order valence-corrected chi connectivity index (χ1v) is 4.69. The Bertz CT molecular complexity index is 147. The second-order valence-electron chi connectivity index (χ2n) is 4.41. The van der Waals surface area contributed by atoms with E-state index < -0.39 is 5.60 Å². The molecule has 0 aliphatic rings. The first kappa shape index (κ1) is 11.7. The molecule has 0 fully saturated rings. The van der Waals surface area contributed by atoms with Crippen molar-refractivity contribution in [3.8, 4) is 0 Å². The summed E-state index contributed by atoms with van der Waals surface area (Å²) in [6.45, 7) is 10.1. The summed E-state index contributed by atoms with van der Waals surface area (Å²) in [7, 11) is 0. The minimum absolute atomic E-state index is 0.369. The Morgan fingerprint density at radius 1 is 1.42 bits per heavy atom. The van der Waals surface area contributed by atoms with E-state index in [1.807, 2.05) is 13.8 Å². The van der Waals surface area contributed by atoms with E-state index in [-0.39, 0.29) is 0 Å². The number of hydrogen-bond donors (Lipinski definition) is 1. The molecule has 0 amide bonds. The SMILES string of the molecule is CC(C)=CCCC(C)C(C)(C)O. The maximum Gasteiger partial charge on any atom is 0.0617 e. The molecule has 0 aromatic carbocycles. The third-order valence-corrected chi connectivity index (χ3v) is 2.36. The topological polar surface area (TPSA) is 20.2 Å². The van der Waals surface area contributed by atoms with Crippen LogP contribution in [0.15, 0.2) is 11.6 Å². The fraction of sp³-hybridized carbons (Fsp3) is 0.818. The lowest BCUT2D eigenvalue weighted by atomic mass is 9.89. The van der Waals surface area contributed by atoms with Crippen LogP contribution in [0.25, 0.3) is 0 Å². The largest absolute Gasteiger partial charge is 0.390 e. The van der Waals surface area contributed by atoms with Crippen LogP contribution >= 0.6 is 0 Å². The van der Waals surface area contributed by atoms with Gasteiger partial charge in [0.05, 0.1) is 5.60 Å². The maximum atomic E-state index is 9.63. The molecule has 72 valence electrons. The molecule has 0 heterocycles. The molecule has 1 nitrogen and oxygen atoms in total. The van der Waals surface area contributed by atoms with E-state index in [2.05, 4.69) is 26.8 Å². The van der Waals surface area contributed by atoms with Crippen LogP contribution in [-0.4, -0.2) is 10.7 Å². The smallest absolute Gasteiger partial charge is 0.0617 e. The molecule has 0 aromatic rings. The average Bonchev–Trinajstić information content (AvgIpc) is 1.84. The third kappa shape index (κ3) is 5.36. The summed E-state index contributed by atoms with van der Waals surface area (Å²) in [4.78, 5) is 0. The Balaban J connectivity index is 3.73. The predicted octanol–water partition coefficient (Wildman–Crippen LogP) is 3.14. The van der Waals surface area contributed by atoms with Gasteiger partial charge in [-0.1, -0.05) is 18.6 Å². The van der Waals surface area contributed by atoms with Crippen molar-refractivity contribution in [2.24, 2.45) is 5.92 Å². The molecule has 12 heavy (non-hydrogen) atoms. The summed E-state index contributed by atoms with van der Waals surface area (Å²) >= 11 is 0. The van der Waals surface area contributed by atoms with Crippen molar-refractivity contribution in [1.82, 2.24) is 0 Å². The van der Waals surface area contributed by atoms with Crippen molar-refractivity contribution >= 4 is 0 Å². The molecule has 0 spiro atoms. The van der Waals surface area contributed by atoms with E-state index in [4.69, 9.17) is 0 Å². The molecule has 0 aromatic heterocycles. The zero-order chi connectivity index (χ0) is 9.78. The fourth-order valence-electron chi connectivity index (χ4n) is 0.975. The highest BCUT2D eigenvalue weighted by atomic mass is 16.3. The summed E-state index contributed by atoms with van der Waals surface area (Å²) in [6, 6.07) is 0. The van der Waals surface area contributed by atoms with Crippen LogP contribution in [0.3, 0.4) is 0 Å². The molecular weight excluding hydrogens is 148 g/mol. The normalized spacial score (nSPS) is 14.2. The Morgan fingerprint density at radius 3 is 2.25 bits per heavy atom. The molecule has 1 heteroatoms. The van der Waals surface area contributed by atoms with E-state index in [0.717, 1.165) is 12.8 Å².